The van der Waals surface area contributed by atoms with Gasteiger partial charge >= 0.3 is 0 Å². The number of nitrogens with zero attached hydrogens (tertiary/aromatic N) is 3. The summed E-state index contributed by atoms with van der Waals surface area (Å²) >= 11 is 0. The lowest BCUT2D eigenvalue weighted by atomic mass is 10.1. The molecule has 1 aliphatic rings. The Kier molecular flexibility index (Phi) is 4.93. The quantitative estimate of drug-likeness (QED) is 0.751. The zero-order chi connectivity index (χ0) is 19.3. The molecule has 3 aromatic rings. The summed E-state index contributed by atoms with van der Waals surface area (Å²) in [5.41, 5.74) is 3.64. The van der Waals surface area contributed by atoms with Gasteiger partial charge in [0.2, 0.25) is 0 Å². The third-order valence-electron chi connectivity index (χ3n) is 4.58. The molecule has 28 heavy (non-hydrogen) atoms. The van der Waals surface area contributed by atoms with Gasteiger partial charge in [0.05, 0.1) is 18.9 Å². The van der Waals surface area contributed by atoms with Crippen LogP contribution in [0.25, 0.3) is 11.1 Å². The topological polar surface area (TPSA) is 61.5 Å². The first kappa shape index (κ1) is 17.6. The number of H-pyrrole nitrogens is 1. The minimum absolute atomic E-state index is 0.114. The van der Waals surface area contributed by atoms with E-state index in [1.807, 2.05) is 65.8 Å². The van der Waals surface area contributed by atoms with Crippen molar-refractivity contribution in [2.24, 2.45) is 0 Å². The maximum atomic E-state index is 13.0. The number of allylic oxidation sites excluding steroid dienone is 2. The van der Waals surface area contributed by atoms with Crippen LogP contribution in [0.4, 0.5) is 5.69 Å². The molecule has 0 aliphatic carbocycles. The predicted molar refractivity (Wildman–Crippen MR) is 109 cm³/mol. The van der Waals surface area contributed by atoms with Crippen LogP contribution in [0.3, 0.4) is 0 Å². The number of ether oxygens (including phenoxy) is 1. The number of amides is 1. The Balaban J connectivity index is 1.56. The molecule has 0 radical (unpaired) electrons. The molecule has 1 N–H and O–H groups in total. The summed E-state index contributed by atoms with van der Waals surface area (Å²) in [7, 11) is 1.57. The highest BCUT2D eigenvalue weighted by atomic mass is 16.5. The van der Waals surface area contributed by atoms with Gasteiger partial charge in [-0.15, -0.1) is 0 Å². The molecular weight excluding hydrogens is 352 g/mol. The van der Waals surface area contributed by atoms with Crippen molar-refractivity contribution >= 4 is 11.6 Å². The summed E-state index contributed by atoms with van der Waals surface area (Å²) in [6, 6.07) is 15.4. The van der Waals surface area contributed by atoms with Gasteiger partial charge in [0.1, 0.15) is 12.4 Å². The van der Waals surface area contributed by atoms with Gasteiger partial charge in [-0.2, -0.15) is 5.10 Å². The second-order valence-electron chi connectivity index (χ2n) is 6.30. The van der Waals surface area contributed by atoms with Crippen LogP contribution < -0.4 is 9.64 Å². The first-order valence-corrected chi connectivity index (χ1v) is 8.91. The first-order chi connectivity index (χ1) is 13.8. The van der Waals surface area contributed by atoms with Gasteiger partial charge in [0, 0.05) is 29.8 Å². The zero-order valence-corrected chi connectivity index (χ0v) is 15.4. The fourth-order valence-corrected chi connectivity index (χ4v) is 3.10. The van der Waals surface area contributed by atoms with E-state index >= 15 is 0 Å². The first-order valence-electron chi connectivity index (χ1n) is 8.91. The molecule has 6 heteroatoms. The van der Waals surface area contributed by atoms with E-state index in [4.69, 9.17) is 4.74 Å². The van der Waals surface area contributed by atoms with E-state index in [9.17, 15) is 4.79 Å². The van der Waals surface area contributed by atoms with Crippen LogP contribution in [0, 0.1) is 0 Å². The number of hydrogen-bond acceptors (Lipinski definition) is 4. The number of nitrogens with one attached hydrogen (secondary N) is 1. The normalized spacial score (nSPS) is 13.5. The summed E-state index contributed by atoms with van der Waals surface area (Å²) in [5.74, 6) is 0.450. The van der Waals surface area contributed by atoms with Crippen LogP contribution >= 0.6 is 0 Å². The molecule has 0 bridgehead atoms. The lowest BCUT2D eigenvalue weighted by molar-refractivity contribution is 0.0822. The molecule has 0 fully saturated rings. The Morgan fingerprint density at radius 3 is 2.57 bits per heavy atom. The Labute approximate surface area is 163 Å². The van der Waals surface area contributed by atoms with E-state index < -0.39 is 0 Å². The van der Waals surface area contributed by atoms with E-state index in [0.717, 1.165) is 16.8 Å². The third-order valence-corrected chi connectivity index (χ3v) is 4.58. The summed E-state index contributed by atoms with van der Waals surface area (Å²) < 4.78 is 5.34. The molecule has 0 atom stereocenters. The van der Waals surface area contributed by atoms with Crippen LogP contribution in [0.1, 0.15) is 10.4 Å². The summed E-state index contributed by atoms with van der Waals surface area (Å²) in [5, 5.41) is 6.81. The van der Waals surface area contributed by atoms with E-state index in [-0.39, 0.29) is 5.91 Å². The highest BCUT2D eigenvalue weighted by molar-refractivity contribution is 5.97. The van der Waals surface area contributed by atoms with E-state index in [1.165, 1.54) is 0 Å². The maximum absolute atomic E-state index is 13.0. The van der Waals surface area contributed by atoms with Gasteiger partial charge < -0.3 is 9.64 Å². The van der Waals surface area contributed by atoms with Crippen molar-refractivity contribution in [2.75, 3.05) is 18.7 Å². The van der Waals surface area contributed by atoms with Crippen LogP contribution in [-0.4, -0.2) is 34.8 Å². The van der Waals surface area contributed by atoms with Gasteiger partial charge in [-0.05, 0) is 42.0 Å². The number of para-hydroxylation sites is 1. The number of rotatable bonds is 4. The number of hydrogen-bond donors (Lipinski definition) is 1. The molecule has 2 aromatic carbocycles. The number of benzene rings is 2. The Bertz CT molecular complexity index is 1010. The lowest BCUT2D eigenvalue weighted by Crippen LogP contribution is -2.35. The molecule has 1 aromatic heterocycles. The SMILES string of the molecule is COc1ccccc1C(=O)N1C=CC=CN(c2ccc(-c3cn[nH]c3)cc2)C1. The van der Waals surface area contributed by atoms with Crippen molar-refractivity contribution in [2.45, 2.75) is 0 Å². The zero-order valence-electron chi connectivity index (χ0n) is 15.4. The van der Waals surface area contributed by atoms with E-state index in [0.29, 0.717) is 18.0 Å². The van der Waals surface area contributed by atoms with E-state index in [1.54, 1.807) is 36.5 Å². The average molecular weight is 372 g/mol. The molecule has 1 aliphatic heterocycles. The van der Waals surface area contributed by atoms with Crippen molar-refractivity contribution < 1.29 is 9.53 Å². The van der Waals surface area contributed by atoms with Crippen molar-refractivity contribution in [1.82, 2.24) is 15.1 Å². The van der Waals surface area contributed by atoms with Crippen molar-refractivity contribution in [1.29, 1.82) is 0 Å². The second-order valence-corrected chi connectivity index (χ2v) is 6.30. The van der Waals surface area contributed by atoms with Crippen LogP contribution in [-0.2, 0) is 0 Å². The van der Waals surface area contributed by atoms with Gasteiger partial charge in [0.25, 0.3) is 5.91 Å². The Hall–Kier alpha value is -3.80. The van der Waals surface area contributed by atoms with Crippen LogP contribution in [0.5, 0.6) is 5.75 Å². The van der Waals surface area contributed by atoms with E-state index in [2.05, 4.69) is 10.2 Å². The van der Waals surface area contributed by atoms with Crippen molar-refractivity contribution in [3.63, 3.8) is 0 Å². The third kappa shape index (κ3) is 3.53. The number of carbonyl (C=O) groups is 1. The predicted octanol–water partition coefficient (Wildman–Crippen LogP) is 4.03. The summed E-state index contributed by atoms with van der Waals surface area (Å²) in [4.78, 5) is 16.7. The minimum Gasteiger partial charge on any atom is -0.496 e. The molecular formula is C22H20N4O2. The molecule has 2 heterocycles. The van der Waals surface area contributed by atoms with Crippen LogP contribution in [0.15, 0.2) is 85.5 Å². The standard InChI is InChI=1S/C22H20N4O2/c1-28-21-7-3-2-6-20(21)22(27)26-13-5-4-12-25(16-26)19-10-8-17(9-11-19)18-14-23-24-15-18/h2-15H,16H2,1H3,(H,23,24). The number of aromatic nitrogens is 2. The fourth-order valence-electron chi connectivity index (χ4n) is 3.10. The Morgan fingerprint density at radius 2 is 1.82 bits per heavy atom. The molecule has 6 nitrogen and oxygen atoms in total. The molecule has 4 rings (SSSR count). The minimum atomic E-state index is -0.114. The fraction of sp³-hybridized carbons (Fsp3) is 0.0909. The summed E-state index contributed by atoms with van der Waals surface area (Å²) in [6.07, 6.45) is 11.2. The van der Waals surface area contributed by atoms with Gasteiger partial charge in [0.15, 0.2) is 0 Å². The highest BCUT2D eigenvalue weighted by Crippen LogP contribution is 2.25. The van der Waals surface area contributed by atoms with Crippen molar-refractivity contribution in [3.05, 3.63) is 91.0 Å². The Morgan fingerprint density at radius 1 is 1.04 bits per heavy atom. The number of aromatic amines is 1. The van der Waals surface area contributed by atoms with Crippen LogP contribution in [0.2, 0.25) is 0 Å². The summed E-state index contributed by atoms with van der Waals surface area (Å²) in [6.45, 7) is 0.398. The van der Waals surface area contributed by atoms with Gasteiger partial charge in [-0.3, -0.25) is 14.8 Å². The number of carbonyl (C=O) groups excluding carboxylic acids is 1. The molecule has 140 valence electrons. The molecule has 1 amide bonds. The number of anilines is 1. The molecule has 0 unspecified atom stereocenters. The molecule has 0 saturated carbocycles. The van der Waals surface area contributed by atoms with Gasteiger partial charge in [-0.25, -0.2) is 0 Å². The highest BCUT2D eigenvalue weighted by Gasteiger charge is 2.20. The molecule has 0 spiro atoms. The average Bonchev–Trinajstić information content (AvgIpc) is 3.18. The number of methoxy groups -OCH3 is 1. The lowest BCUT2D eigenvalue weighted by Gasteiger charge is -2.27. The second kappa shape index (κ2) is 7.84. The smallest absolute Gasteiger partial charge is 0.263 e. The maximum Gasteiger partial charge on any atom is 0.263 e. The largest absolute Gasteiger partial charge is 0.496 e. The monoisotopic (exact) mass is 372 g/mol. The molecule has 0 saturated heterocycles. The van der Waals surface area contributed by atoms with Gasteiger partial charge in [-0.1, -0.05) is 24.3 Å². The van der Waals surface area contributed by atoms with Crippen molar-refractivity contribution in [3.8, 4) is 16.9 Å².